The Bertz CT molecular complexity index is 392. The number of halogens is 1. The zero-order chi connectivity index (χ0) is 11.4. The van der Waals surface area contributed by atoms with Crippen LogP contribution in [0.4, 0.5) is 0 Å². The molecule has 0 bridgehead atoms. The van der Waals surface area contributed by atoms with E-state index in [-0.39, 0.29) is 0 Å². The van der Waals surface area contributed by atoms with Gasteiger partial charge in [-0.3, -0.25) is 0 Å². The molecule has 0 aliphatic carbocycles. The first-order valence-electron chi connectivity index (χ1n) is 5.34. The van der Waals surface area contributed by atoms with Gasteiger partial charge in [-0.05, 0) is 24.6 Å². The molecule has 1 heterocycles. The van der Waals surface area contributed by atoms with Gasteiger partial charge in [0.25, 0.3) is 0 Å². The van der Waals surface area contributed by atoms with Gasteiger partial charge in [0.05, 0.1) is 17.5 Å². The Morgan fingerprint density at radius 1 is 1.44 bits per heavy atom. The van der Waals surface area contributed by atoms with Gasteiger partial charge in [-0.25, -0.2) is 0 Å². The van der Waals surface area contributed by atoms with Crippen molar-refractivity contribution in [1.82, 2.24) is 5.32 Å². The average Bonchev–Trinajstić information content (AvgIpc) is 2.67. The molecule has 1 aromatic carbocycles. The molecular weight excluding hydrogens is 224 g/mol. The third-order valence-electron chi connectivity index (χ3n) is 2.57. The normalized spacial score (nSPS) is 19.1. The Labute approximate surface area is 100 Å². The highest BCUT2D eigenvalue weighted by atomic mass is 35.5. The largest absolute Gasteiger partial charge is 0.492 e. The smallest absolute Gasteiger partial charge is 0.137 e. The molecule has 0 saturated heterocycles. The maximum Gasteiger partial charge on any atom is 0.137 e. The summed E-state index contributed by atoms with van der Waals surface area (Å²) in [6.07, 6.45) is 2.98. The zero-order valence-corrected chi connectivity index (χ0v) is 9.70. The van der Waals surface area contributed by atoms with Gasteiger partial charge in [-0.15, -0.1) is 0 Å². The molecule has 0 unspecified atom stereocenters. The molecule has 1 aromatic rings. The molecule has 0 saturated carbocycles. The number of nitrogens with one attached hydrogen (secondary N) is 1. The Kier molecular flexibility index (Phi) is 3.57. The summed E-state index contributed by atoms with van der Waals surface area (Å²) in [6.45, 7) is 1.55. The Balaban J connectivity index is 1.78. The summed E-state index contributed by atoms with van der Waals surface area (Å²) in [6, 6.07) is 7.50. The quantitative estimate of drug-likeness (QED) is 0.845. The molecule has 1 aliphatic heterocycles. The average molecular weight is 239 g/mol. The summed E-state index contributed by atoms with van der Waals surface area (Å²) < 4.78 is 5.60. The lowest BCUT2D eigenvalue weighted by Gasteiger charge is -2.10. The van der Waals surface area contributed by atoms with Gasteiger partial charge in [0.15, 0.2) is 0 Å². The van der Waals surface area contributed by atoms with Gasteiger partial charge in [0, 0.05) is 12.5 Å². The van der Waals surface area contributed by atoms with Crippen LogP contribution in [0.5, 0.6) is 5.75 Å². The van der Waals surface area contributed by atoms with E-state index in [2.05, 4.69) is 5.32 Å². The Morgan fingerprint density at radius 2 is 2.25 bits per heavy atom. The van der Waals surface area contributed by atoms with Crippen molar-refractivity contribution in [2.75, 3.05) is 13.2 Å². The summed E-state index contributed by atoms with van der Waals surface area (Å²) in [5, 5.41) is 3.74. The van der Waals surface area contributed by atoms with Gasteiger partial charge in [0.2, 0.25) is 0 Å². The third-order valence-corrected chi connectivity index (χ3v) is 2.88. The van der Waals surface area contributed by atoms with Crippen molar-refractivity contribution >= 4 is 11.6 Å². The van der Waals surface area contributed by atoms with E-state index < -0.39 is 0 Å². The number of ether oxygens (including phenoxy) is 1. The molecule has 0 fully saturated rings. The first-order chi connectivity index (χ1) is 7.75. The second-order valence-electron chi connectivity index (χ2n) is 3.83. The van der Waals surface area contributed by atoms with E-state index in [0.29, 0.717) is 17.5 Å². The van der Waals surface area contributed by atoms with Crippen LogP contribution in [-0.4, -0.2) is 13.2 Å². The molecule has 1 atom stereocenters. The molecule has 0 aromatic heterocycles. The molecule has 2 rings (SSSR count). The van der Waals surface area contributed by atoms with Crippen LogP contribution in [0.2, 0.25) is 5.02 Å². The van der Waals surface area contributed by atoms with E-state index in [0.717, 1.165) is 24.5 Å². The molecule has 1 aliphatic rings. The minimum absolute atomic E-state index is 0.461. The molecule has 16 heavy (non-hydrogen) atoms. The lowest BCUT2D eigenvalue weighted by molar-refractivity contribution is 0.294. The van der Waals surface area contributed by atoms with E-state index in [1.54, 1.807) is 0 Å². The molecule has 3 N–H and O–H groups in total. The van der Waals surface area contributed by atoms with E-state index in [9.17, 15) is 0 Å². The molecule has 3 nitrogen and oxygen atoms in total. The zero-order valence-electron chi connectivity index (χ0n) is 8.95. The predicted octanol–water partition coefficient (Wildman–Crippen LogP) is 2.13. The SMILES string of the molecule is NC1=C[C@H](CCOc2ccccc2Cl)CN1. The van der Waals surface area contributed by atoms with Crippen LogP contribution < -0.4 is 15.8 Å². The van der Waals surface area contributed by atoms with E-state index in [1.165, 1.54) is 0 Å². The monoisotopic (exact) mass is 238 g/mol. The van der Waals surface area contributed by atoms with Crippen LogP contribution in [0.3, 0.4) is 0 Å². The van der Waals surface area contributed by atoms with Crippen molar-refractivity contribution in [1.29, 1.82) is 0 Å². The maximum absolute atomic E-state index is 5.97. The van der Waals surface area contributed by atoms with Crippen molar-refractivity contribution in [2.45, 2.75) is 6.42 Å². The Hall–Kier alpha value is -1.35. The van der Waals surface area contributed by atoms with Crippen molar-refractivity contribution in [3.63, 3.8) is 0 Å². The maximum atomic E-state index is 5.97. The number of benzene rings is 1. The minimum Gasteiger partial charge on any atom is -0.492 e. The number of hydrogen-bond donors (Lipinski definition) is 2. The van der Waals surface area contributed by atoms with E-state index in [4.69, 9.17) is 22.1 Å². The minimum atomic E-state index is 0.461. The molecule has 4 heteroatoms. The topological polar surface area (TPSA) is 47.3 Å². The summed E-state index contributed by atoms with van der Waals surface area (Å²) in [4.78, 5) is 0. The van der Waals surface area contributed by atoms with Crippen LogP contribution in [0.1, 0.15) is 6.42 Å². The van der Waals surface area contributed by atoms with Crippen molar-refractivity contribution in [2.24, 2.45) is 11.7 Å². The van der Waals surface area contributed by atoms with Gasteiger partial charge >= 0.3 is 0 Å². The molecular formula is C12H15ClN2O. The standard InChI is InChI=1S/C12H15ClN2O/c13-10-3-1-2-4-11(10)16-6-5-9-7-12(14)15-8-9/h1-4,7,9,15H,5-6,8,14H2/t9-/m0/s1. The highest BCUT2D eigenvalue weighted by Gasteiger charge is 2.12. The number of para-hydroxylation sites is 1. The van der Waals surface area contributed by atoms with Crippen LogP contribution in [0, 0.1) is 5.92 Å². The van der Waals surface area contributed by atoms with Crippen molar-refractivity contribution in [3.8, 4) is 5.75 Å². The highest BCUT2D eigenvalue weighted by Crippen LogP contribution is 2.23. The van der Waals surface area contributed by atoms with Gasteiger partial charge < -0.3 is 15.8 Å². The second-order valence-corrected chi connectivity index (χ2v) is 4.24. The van der Waals surface area contributed by atoms with Gasteiger partial charge in [0.1, 0.15) is 5.75 Å². The number of rotatable bonds is 4. The lowest BCUT2D eigenvalue weighted by Crippen LogP contribution is -2.17. The fourth-order valence-corrected chi connectivity index (χ4v) is 1.88. The van der Waals surface area contributed by atoms with Crippen molar-refractivity contribution in [3.05, 3.63) is 41.2 Å². The summed E-state index contributed by atoms with van der Waals surface area (Å²) in [5.41, 5.74) is 5.62. The highest BCUT2D eigenvalue weighted by molar-refractivity contribution is 6.32. The number of hydrogen-bond acceptors (Lipinski definition) is 3. The number of nitrogens with two attached hydrogens (primary N) is 1. The first kappa shape index (κ1) is 11.1. The van der Waals surface area contributed by atoms with Crippen LogP contribution >= 0.6 is 11.6 Å². The second kappa shape index (κ2) is 5.12. The lowest BCUT2D eigenvalue weighted by atomic mass is 10.1. The summed E-state index contributed by atoms with van der Waals surface area (Å²) in [5.74, 6) is 1.97. The Morgan fingerprint density at radius 3 is 2.94 bits per heavy atom. The van der Waals surface area contributed by atoms with E-state index >= 15 is 0 Å². The molecule has 0 spiro atoms. The van der Waals surface area contributed by atoms with Crippen LogP contribution in [-0.2, 0) is 0 Å². The fourth-order valence-electron chi connectivity index (χ4n) is 1.69. The van der Waals surface area contributed by atoms with Gasteiger partial charge in [-0.2, -0.15) is 0 Å². The van der Waals surface area contributed by atoms with E-state index in [1.807, 2.05) is 30.3 Å². The van der Waals surface area contributed by atoms with Crippen molar-refractivity contribution < 1.29 is 4.74 Å². The molecule has 0 radical (unpaired) electrons. The third kappa shape index (κ3) is 2.83. The first-order valence-corrected chi connectivity index (χ1v) is 5.72. The van der Waals surface area contributed by atoms with Crippen LogP contribution in [0.25, 0.3) is 0 Å². The van der Waals surface area contributed by atoms with Gasteiger partial charge in [-0.1, -0.05) is 23.7 Å². The molecule has 0 amide bonds. The van der Waals surface area contributed by atoms with Crippen LogP contribution in [0.15, 0.2) is 36.2 Å². The summed E-state index contributed by atoms with van der Waals surface area (Å²) >= 11 is 5.97. The summed E-state index contributed by atoms with van der Waals surface area (Å²) in [7, 11) is 0. The fraction of sp³-hybridized carbons (Fsp3) is 0.333. The predicted molar refractivity (Wildman–Crippen MR) is 65.3 cm³/mol. The molecule has 86 valence electrons.